The minimum Gasteiger partial charge on any atom is -0.480 e. The van der Waals surface area contributed by atoms with Crippen molar-refractivity contribution in [2.24, 2.45) is 0 Å². The van der Waals surface area contributed by atoms with E-state index in [1.54, 1.807) is 12.1 Å². The van der Waals surface area contributed by atoms with Crippen LogP contribution in [0.3, 0.4) is 0 Å². The number of aryl methyl sites for hydroxylation is 3. The zero-order chi connectivity index (χ0) is 21.9. The molecule has 0 saturated heterocycles. The fourth-order valence-corrected chi connectivity index (χ4v) is 4.74. The summed E-state index contributed by atoms with van der Waals surface area (Å²) in [6.07, 6.45) is 0. The zero-order valence-electron chi connectivity index (χ0n) is 17.3. The highest BCUT2D eigenvalue weighted by Crippen LogP contribution is 2.29. The standard InChI is InChI=1S/C24H25NO4S/c1-16-11-17(2)24(18(3)12-16)20-6-4-5-19(13-20)14-25-21-7-9-22(10-8-21)30(28,29)15-23(26)27/h4-13,25H,14-15H2,1-3H3,(H,26,27). The lowest BCUT2D eigenvalue weighted by Gasteiger charge is -2.13. The molecule has 0 radical (unpaired) electrons. The second-order valence-electron chi connectivity index (χ2n) is 7.50. The number of nitrogens with one attached hydrogen (secondary N) is 1. The van der Waals surface area contributed by atoms with Crippen molar-refractivity contribution in [3.8, 4) is 11.1 Å². The van der Waals surface area contributed by atoms with Gasteiger partial charge < -0.3 is 10.4 Å². The predicted molar refractivity (Wildman–Crippen MR) is 120 cm³/mol. The lowest BCUT2D eigenvalue weighted by Crippen LogP contribution is -2.15. The van der Waals surface area contributed by atoms with Crippen LogP contribution < -0.4 is 5.32 Å². The van der Waals surface area contributed by atoms with Gasteiger partial charge in [-0.25, -0.2) is 8.42 Å². The van der Waals surface area contributed by atoms with Gasteiger partial charge in [0, 0.05) is 12.2 Å². The van der Waals surface area contributed by atoms with Crippen LogP contribution in [0.5, 0.6) is 0 Å². The second kappa shape index (κ2) is 8.71. The van der Waals surface area contributed by atoms with E-state index in [2.05, 4.69) is 50.4 Å². The Balaban J connectivity index is 1.75. The highest BCUT2D eigenvalue weighted by Gasteiger charge is 2.18. The van der Waals surface area contributed by atoms with Crippen LogP contribution in [0.1, 0.15) is 22.3 Å². The smallest absolute Gasteiger partial charge is 0.319 e. The minimum atomic E-state index is -3.82. The molecule has 0 atom stereocenters. The van der Waals surface area contributed by atoms with E-state index in [1.807, 2.05) is 12.1 Å². The van der Waals surface area contributed by atoms with Crippen molar-refractivity contribution in [2.75, 3.05) is 11.1 Å². The number of benzene rings is 3. The number of anilines is 1. The molecule has 30 heavy (non-hydrogen) atoms. The second-order valence-corrected chi connectivity index (χ2v) is 9.49. The molecule has 0 heterocycles. The van der Waals surface area contributed by atoms with Gasteiger partial charge in [-0.15, -0.1) is 0 Å². The van der Waals surface area contributed by atoms with Crippen LogP contribution in [0, 0.1) is 20.8 Å². The van der Waals surface area contributed by atoms with Crippen molar-refractivity contribution < 1.29 is 18.3 Å². The zero-order valence-corrected chi connectivity index (χ0v) is 18.1. The fourth-order valence-electron chi connectivity index (χ4n) is 3.70. The fraction of sp³-hybridized carbons (Fsp3) is 0.208. The van der Waals surface area contributed by atoms with E-state index >= 15 is 0 Å². The van der Waals surface area contributed by atoms with Crippen molar-refractivity contribution >= 4 is 21.5 Å². The normalized spacial score (nSPS) is 11.3. The summed E-state index contributed by atoms with van der Waals surface area (Å²) in [4.78, 5) is 10.7. The van der Waals surface area contributed by atoms with Crippen molar-refractivity contribution in [3.05, 3.63) is 82.9 Å². The van der Waals surface area contributed by atoms with E-state index in [-0.39, 0.29) is 4.90 Å². The quantitative estimate of drug-likeness (QED) is 0.573. The molecule has 5 nitrogen and oxygen atoms in total. The molecular formula is C24H25NO4S. The van der Waals surface area contributed by atoms with Gasteiger partial charge in [-0.3, -0.25) is 4.79 Å². The van der Waals surface area contributed by atoms with Gasteiger partial charge in [0.1, 0.15) is 0 Å². The van der Waals surface area contributed by atoms with E-state index in [1.165, 1.54) is 39.9 Å². The third kappa shape index (κ3) is 5.07. The number of carbonyl (C=O) groups is 1. The number of rotatable bonds is 7. The average molecular weight is 424 g/mol. The van der Waals surface area contributed by atoms with Crippen LogP contribution in [0.15, 0.2) is 65.6 Å². The van der Waals surface area contributed by atoms with Crippen LogP contribution in [-0.4, -0.2) is 25.2 Å². The first-order valence-corrected chi connectivity index (χ1v) is 11.3. The summed E-state index contributed by atoms with van der Waals surface area (Å²) in [6.45, 7) is 6.93. The first kappa shape index (κ1) is 21.6. The number of hydrogen-bond donors (Lipinski definition) is 2. The molecule has 3 aromatic rings. The molecule has 0 fully saturated rings. The summed E-state index contributed by atoms with van der Waals surface area (Å²) >= 11 is 0. The van der Waals surface area contributed by atoms with Crippen LogP contribution >= 0.6 is 0 Å². The third-order valence-electron chi connectivity index (χ3n) is 4.92. The van der Waals surface area contributed by atoms with Gasteiger partial charge >= 0.3 is 5.97 Å². The van der Waals surface area contributed by atoms with Gasteiger partial charge in [-0.1, -0.05) is 35.9 Å². The van der Waals surface area contributed by atoms with Crippen molar-refractivity contribution in [3.63, 3.8) is 0 Å². The van der Waals surface area contributed by atoms with Gasteiger partial charge in [0.25, 0.3) is 0 Å². The Morgan fingerprint density at radius 3 is 2.17 bits per heavy atom. The Morgan fingerprint density at radius 1 is 0.933 bits per heavy atom. The van der Waals surface area contributed by atoms with Gasteiger partial charge in [-0.2, -0.15) is 0 Å². The number of aliphatic carboxylic acids is 1. The molecule has 0 aromatic heterocycles. The molecule has 3 rings (SSSR count). The molecule has 0 spiro atoms. The number of carboxylic acids is 1. The summed E-state index contributed by atoms with van der Waals surface area (Å²) in [5, 5.41) is 12.0. The first-order valence-electron chi connectivity index (χ1n) is 9.61. The molecule has 0 saturated carbocycles. The first-order chi connectivity index (χ1) is 14.2. The molecule has 6 heteroatoms. The highest BCUT2D eigenvalue weighted by atomic mass is 32.2. The van der Waals surface area contributed by atoms with E-state index in [9.17, 15) is 13.2 Å². The Bertz CT molecular complexity index is 1160. The number of hydrogen-bond acceptors (Lipinski definition) is 4. The minimum absolute atomic E-state index is 0.00256. The predicted octanol–water partition coefficient (Wildman–Crippen LogP) is 4.75. The molecule has 0 unspecified atom stereocenters. The molecule has 156 valence electrons. The van der Waals surface area contributed by atoms with E-state index < -0.39 is 21.6 Å². The molecule has 2 N–H and O–H groups in total. The maximum absolute atomic E-state index is 12.0. The van der Waals surface area contributed by atoms with E-state index in [4.69, 9.17) is 5.11 Å². The lowest BCUT2D eigenvalue weighted by atomic mass is 9.93. The molecule has 0 amide bonds. The van der Waals surface area contributed by atoms with Gasteiger partial charge in [0.2, 0.25) is 0 Å². The number of sulfone groups is 1. The molecule has 3 aromatic carbocycles. The largest absolute Gasteiger partial charge is 0.480 e. The topological polar surface area (TPSA) is 83.5 Å². The van der Waals surface area contributed by atoms with E-state index in [0.717, 1.165) is 11.3 Å². The number of carboxylic acid groups (broad SMARTS) is 1. The summed E-state index contributed by atoms with van der Waals surface area (Å²) in [5.41, 5.74) is 8.02. The van der Waals surface area contributed by atoms with Gasteiger partial charge in [0.15, 0.2) is 15.6 Å². The van der Waals surface area contributed by atoms with Crippen molar-refractivity contribution in [1.29, 1.82) is 0 Å². The maximum Gasteiger partial charge on any atom is 0.319 e. The Labute approximate surface area is 177 Å². The van der Waals surface area contributed by atoms with Crippen molar-refractivity contribution in [1.82, 2.24) is 0 Å². The SMILES string of the molecule is Cc1cc(C)c(-c2cccc(CNc3ccc(S(=O)(=O)CC(=O)O)cc3)c2)c(C)c1. The lowest BCUT2D eigenvalue weighted by molar-refractivity contribution is -0.134. The Morgan fingerprint density at radius 2 is 1.57 bits per heavy atom. The summed E-state index contributed by atoms with van der Waals surface area (Å²) in [5.74, 6) is -2.28. The maximum atomic E-state index is 12.0. The summed E-state index contributed by atoms with van der Waals surface area (Å²) in [6, 6.07) is 18.9. The average Bonchev–Trinajstić information content (AvgIpc) is 2.65. The van der Waals surface area contributed by atoms with Gasteiger partial charge in [0.05, 0.1) is 4.90 Å². The van der Waals surface area contributed by atoms with E-state index in [0.29, 0.717) is 6.54 Å². The Hall–Kier alpha value is -3.12. The summed E-state index contributed by atoms with van der Waals surface area (Å²) < 4.78 is 24.0. The molecule has 0 aliphatic heterocycles. The monoisotopic (exact) mass is 423 g/mol. The summed E-state index contributed by atoms with van der Waals surface area (Å²) in [7, 11) is -3.82. The highest BCUT2D eigenvalue weighted by molar-refractivity contribution is 7.92. The van der Waals surface area contributed by atoms with Gasteiger partial charge in [-0.05, 0) is 78.9 Å². The Kier molecular flexibility index (Phi) is 6.27. The van der Waals surface area contributed by atoms with Crippen LogP contribution in [0.2, 0.25) is 0 Å². The molecular weight excluding hydrogens is 398 g/mol. The molecule has 0 aliphatic carbocycles. The third-order valence-corrected chi connectivity index (χ3v) is 6.53. The van der Waals surface area contributed by atoms with Crippen molar-refractivity contribution in [2.45, 2.75) is 32.2 Å². The van der Waals surface area contributed by atoms with Crippen LogP contribution in [0.25, 0.3) is 11.1 Å². The van der Waals surface area contributed by atoms with Crippen LogP contribution in [-0.2, 0) is 21.2 Å². The molecule has 0 bridgehead atoms. The molecule has 0 aliphatic rings. The van der Waals surface area contributed by atoms with Crippen LogP contribution in [0.4, 0.5) is 5.69 Å².